The normalized spacial score (nSPS) is 25.9. The summed E-state index contributed by atoms with van der Waals surface area (Å²) in [7, 11) is -1.94. The van der Waals surface area contributed by atoms with Crippen LogP contribution in [0.4, 0.5) is 11.4 Å². The van der Waals surface area contributed by atoms with Crippen LogP contribution in [0.2, 0.25) is 0 Å². The van der Waals surface area contributed by atoms with E-state index in [-0.39, 0.29) is 11.9 Å². The van der Waals surface area contributed by atoms with Crippen molar-refractivity contribution in [1.29, 1.82) is 0 Å². The van der Waals surface area contributed by atoms with Gasteiger partial charge < -0.3 is 15.4 Å². The summed E-state index contributed by atoms with van der Waals surface area (Å²) in [5.74, 6) is 0.900. The van der Waals surface area contributed by atoms with Gasteiger partial charge in [0.05, 0.1) is 25.1 Å². The fourth-order valence-electron chi connectivity index (χ4n) is 3.80. The number of benzene rings is 1. The molecule has 138 valence electrons. The highest BCUT2D eigenvalue weighted by Crippen LogP contribution is 2.34. The third-order valence-corrected chi connectivity index (χ3v) is 5.53. The van der Waals surface area contributed by atoms with Crippen LogP contribution in [-0.2, 0) is 14.8 Å². The predicted octanol–water partition coefficient (Wildman–Crippen LogP) is 1.93. The number of amides is 1. The summed E-state index contributed by atoms with van der Waals surface area (Å²) in [6, 6.07) is 5.15. The smallest absolute Gasteiger partial charge is 0.241 e. The van der Waals surface area contributed by atoms with E-state index in [1.165, 1.54) is 26.4 Å². The fraction of sp³-hybridized carbons (Fsp3) is 0.588. The van der Waals surface area contributed by atoms with Crippen LogP contribution in [0.15, 0.2) is 18.2 Å². The lowest BCUT2D eigenvalue weighted by atomic mass is 9.85. The molecule has 1 aliphatic carbocycles. The second-order valence-electron chi connectivity index (χ2n) is 6.88. The number of carbonyl (C=O) groups is 1. The zero-order valence-corrected chi connectivity index (χ0v) is 15.4. The molecule has 1 heterocycles. The summed E-state index contributed by atoms with van der Waals surface area (Å²) < 4.78 is 30.4. The van der Waals surface area contributed by atoms with Gasteiger partial charge in [0.2, 0.25) is 15.9 Å². The minimum absolute atomic E-state index is 0.0553. The maximum absolute atomic E-state index is 12.5. The summed E-state index contributed by atoms with van der Waals surface area (Å²) in [5.41, 5.74) is 0.922. The number of methoxy groups -OCH3 is 1. The molecule has 1 saturated heterocycles. The molecule has 1 aliphatic heterocycles. The van der Waals surface area contributed by atoms with Gasteiger partial charge in [0.1, 0.15) is 5.75 Å². The molecule has 1 aromatic rings. The third-order valence-electron chi connectivity index (χ3n) is 4.94. The highest BCUT2D eigenvalue weighted by Gasteiger charge is 2.38. The van der Waals surface area contributed by atoms with Crippen LogP contribution in [0.25, 0.3) is 0 Å². The summed E-state index contributed by atoms with van der Waals surface area (Å²) in [4.78, 5) is 12.5. The summed E-state index contributed by atoms with van der Waals surface area (Å²) in [6.45, 7) is 0. The van der Waals surface area contributed by atoms with Gasteiger partial charge in [-0.3, -0.25) is 9.52 Å². The minimum Gasteiger partial charge on any atom is -0.494 e. The molecule has 3 unspecified atom stereocenters. The Bertz CT molecular complexity index is 736. The fourth-order valence-corrected chi connectivity index (χ4v) is 4.37. The van der Waals surface area contributed by atoms with Gasteiger partial charge in [0, 0.05) is 17.8 Å². The maximum atomic E-state index is 12.5. The number of fused-ring (bicyclic) bond motifs is 1. The van der Waals surface area contributed by atoms with Gasteiger partial charge in [-0.25, -0.2) is 8.42 Å². The standard InChI is InChI=1S/C17H25N3O4S/c1-24-16-10-12(7-8-14(16)20-25(2,22)23)18-17(21)15-9-11-5-3-4-6-13(11)19-15/h7-8,10-11,13,15,19-20H,3-6,9H2,1-2H3,(H,18,21). The number of anilines is 2. The van der Waals surface area contributed by atoms with E-state index in [2.05, 4.69) is 15.4 Å². The molecule has 1 saturated carbocycles. The molecule has 0 bridgehead atoms. The van der Waals surface area contributed by atoms with Crippen LogP contribution in [0.1, 0.15) is 32.1 Å². The molecule has 3 atom stereocenters. The van der Waals surface area contributed by atoms with E-state index in [0.717, 1.165) is 19.1 Å². The maximum Gasteiger partial charge on any atom is 0.241 e. The molecule has 3 N–H and O–H groups in total. The van der Waals surface area contributed by atoms with Crippen LogP contribution in [-0.4, -0.2) is 39.8 Å². The molecule has 0 radical (unpaired) electrons. The van der Waals surface area contributed by atoms with Gasteiger partial charge in [0.15, 0.2) is 0 Å². The van der Waals surface area contributed by atoms with Crippen molar-refractivity contribution < 1.29 is 17.9 Å². The van der Waals surface area contributed by atoms with E-state index in [4.69, 9.17) is 4.74 Å². The van der Waals surface area contributed by atoms with Gasteiger partial charge in [-0.15, -0.1) is 0 Å². The molecule has 7 nitrogen and oxygen atoms in total. The van der Waals surface area contributed by atoms with Gasteiger partial charge in [0.25, 0.3) is 0 Å². The molecule has 0 spiro atoms. The van der Waals surface area contributed by atoms with E-state index in [1.54, 1.807) is 18.2 Å². The number of rotatable bonds is 5. The zero-order chi connectivity index (χ0) is 18.0. The Kier molecular flexibility index (Phi) is 5.19. The van der Waals surface area contributed by atoms with Crippen molar-refractivity contribution in [2.24, 2.45) is 5.92 Å². The first-order chi connectivity index (χ1) is 11.9. The van der Waals surface area contributed by atoms with E-state index >= 15 is 0 Å². The Morgan fingerprint density at radius 3 is 2.72 bits per heavy atom. The SMILES string of the molecule is COc1cc(NC(=O)C2CC3CCCCC3N2)ccc1NS(C)(=O)=O. The Morgan fingerprint density at radius 1 is 1.28 bits per heavy atom. The quantitative estimate of drug-likeness (QED) is 0.739. The molecular formula is C17H25N3O4S. The van der Waals surface area contributed by atoms with E-state index in [0.29, 0.717) is 29.1 Å². The van der Waals surface area contributed by atoms with Crippen LogP contribution in [0.5, 0.6) is 5.75 Å². The number of carbonyl (C=O) groups excluding carboxylic acids is 1. The van der Waals surface area contributed by atoms with Crippen molar-refractivity contribution in [2.45, 2.75) is 44.2 Å². The predicted molar refractivity (Wildman–Crippen MR) is 97.4 cm³/mol. The van der Waals surface area contributed by atoms with Crippen molar-refractivity contribution in [3.05, 3.63) is 18.2 Å². The lowest BCUT2D eigenvalue weighted by molar-refractivity contribution is -0.117. The van der Waals surface area contributed by atoms with Crippen LogP contribution >= 0.6 is 0 Å². The molecule has 25 heavy (non-hydrogen) atoms. The number of nitrogens with one attached hydrogen (secondary N) is 3. The van der Waals surface area contributed by atoms with Crippen LogP contribution < -0.4 is 20.1 Å². The zero-order valence-electron chi connectivity index (χ0n) is 14.5. The summed E-state index contributed by atoms with van der Waals surface area (Å²) in [5, 5.41) is 6.35. The van der Waals surface area contributed by atoms with Crippen LogP contribution in [0.3, 0.4) is 0 Å². The van der Waals surface area contributed by atoms with Crippen molar-refractivity contribution in [3.63, 3.8) is 0 Å². The van der Waals surface area contributed by atoms with Crippen molar-refractivity contribution in [3.8, 4) is 5.75 Å². The molecule has 2 aliphatic rings. The average molecular weight is 367 g/mol. The first-order valence-corrected chi connectivity index (χ1v) is 10.5. The largest absolute Gasteiger partial charge is 0.494 e. The van der Waals surface area contributed by atoms with Gasteiger partial charge in [-0.1, -0.05) is 12.8 Å². The van der Waals surface area contributed by atoms with Gasteiger partial charge >= 0.3 is 0 Å². The Labute approximate surface area is 148 Å². The molecule has 1 amide bonds. The van der Waals surface area contributed by atoms with Crippen molar-refractivity contribution >= 4 is 27.3 Å². The molecule has 8 heteroatoms. The van der Waals surface area contributed by atoms with Gasteiger partial charge in [-0.2, -0.15) is 0 Å². The van der Waals surface area contributed by atoms with Crippen molar-refractivity contribution in [1.82, 2.24) is 5.32 Å². The van der Waals surface area contributed by atoms with E-state index in [9.17, 15) is 13.2 Å². The third kappa shape index (κ3) is 4.43. The molecule has 1 aromatic carbocycles. The lowest BCUT2D eigenvalue weighted by Crippen LogP contribution is -2.39. The van der Waals surface area contributed by atoms with E-state index in [1.807, 2.05) is 0 Å². The second kappa shape index (κ2) is 7.21. The van der Waals surface area contributed by atoms with Crippen molar-refractivity contribution in [2.75, 3.05) is 23.4 Å². The average Bonchev–Trinajstić information content (AvgIpc) is 2.99. The highest BCUT2D eigenvalue weighted by atomic mass is 32.2. The Balaban J connectivity index is 1.67. The first kappa shape index (κ1) is 18.0. The van der Waals surface area contributed by atoms with Gasteiger partial charge in [-0.05, 0) is 37.3 Å². The summed E-state index contributed by atoms with van der Waals surface area (Å²) in [6.07, 6.45) is 6.78. The minimum atomic E-state index is -3.40. The number of ether oxygens (including phenoxy) is 1. The first-order valence-electron chi connectivity index (χ1n) is 8.58. The number of sulfonamides is 1. The molecule has 0 aromatic heterocycles. The second-order valence-corrected chi connectivity index (χ2v) is 8.63. The molecular weight excluding hydrogens is 342 g/mol. The topological polar surface area (TPSA) is 96.5 Å². The molecule has 3 rings (SSSR count). The number of hydrogen-bond donors (Lipinski definition) is 3. The Morgan fingerprint density at radius 2 is 2.04 bits per heavy atom. The van der Waals surface area contributed by atoms with E-state index < -0.39 is 10.0 Å². The molecule has 2 fully saturated rings. The van der Waals surface area contributed by atoms with Crippen LogP contribution in [0, 0.1) is 5.92 Å². The highest BCUT2D eigenvalue weighted by molar-refractivity contribution is 7.92. The lowest BCUT2D eigenvalue weighted by Gasteiger charge is -2.24. The Hall–Kier alpha value is -1.80. The monoisotopic (exact) mass is 367 g/mol. The number of hydrogen-bond acceptors (Lipinski definition) is 5. The summed E-state index contributed by atoms with van der Waals surface area (Å²) >= 11 is 0.